The largest absolute Gasteiger partial charge is 0.392 e. The summed E-state index contributed by atoms with van der Waals surface area (Å²) in [5.41, 5.74) is 5.67. The molecular weight excluding hydrogens is 138 g/mol. The first-order chi connectivity index (χ1) is 5.10. The summed E-state index contributed by atoms with van der Waals surface area (Å²) in [6.07, 6.45) is 3.41. The van der Waals surface area contributed by atoms with Gasteiger partial charge in [-0.05, 0) is 30.7 Å². The van der Waals surface area contributed by atoms with Crippen LogP contribution in [0, 0.1) is 11.3 Å². The van der Waals surface area contributed by atoms with Crippen LogP contribution in [0.1, 0.15) is 33.1 Å². The van der Waals surface area contributed by atoms with Crippen molar-refractivity contribution in [2.24, 2.45) is 17.1 Å². The first kappa shape index (κ1) is 9.01. The molecular formula is C9H19NO. The van der Waals surface area contributed by atoms with Crippen LogP contribution in [0.4, 0.5) is 0 Å². The van der Waals surface area contributed by atoms with E-state index in [0.717, 1.165) is 0 Å². The van der Waals surface area contributed by atoms with Crippen molar-refractivity contribution in [3.63, 3.8) is 0 Å². The number of rotatable bonds is 3. The van der Waals surface area contributed by atoms with Gasteiger partial charge in [0.1, 0.15) is 0 Å². The molecule has 0 amide bonds. The van der Waals surface area contributed by atoms with Crippen molar-refractivity contribution in [3.05, 3.63) is 0 Å². The molecule has 0 aromatic heterocycles. The lowest BCUT2D eigenvalue weighted by molar-refractivity contribution is -0.0494. The zero-order valence-electron chi connectivity index (χ0n) is 7.51. The van der Waals surface area contributed by atoms with Gasteiger partial charge >= 0.3 is 0 Å². The average Bonchev–Trinajstić information content (AvgIpc) is 1.97. The minimum Gasteiger partial charge on any atom is -0.392 e. The molecule has 0 aromatic rings. The number of hydrogen-bond donors (Lipinski definition) is 2. The summed E-state index contributed by atoms with van der Waals surface area (Å²) in [6.45, 7) is 4.78. The van der Waals surface area contributed by atoms with E-state index in [1.54, 1.807) is 0 Å². The van der Waals surface area contributed by atoms with Crippen molar-refractivity contribution < 1.29 is 5.11 Å². The maximum absolute atomic E-state index is 9.82. The fourth-order valence-electron chi connectivity index (χ4n) is 1.85. The van der Waals surface area contributed by atoms with Crippen LogP contribution in [0.15, 0.2) is 0 Å². The zero-order valence-corrected chi connectivity index (χ0v) is 7.51. The number of aliphatic hydroxyl groups excluding tert-OH is 1. The van der Waals surface area contributed by atoms with E-state index in [2.05, 4.69) is 6.92 Å². The van der Waals surface area contributed by atoms with Crippen molar-refractivity contribution in [1.82, 2.24) is 0 Å². The molecule has 0 spiro atoms. The highest BCUT2D eigenvalue weighted by molar-refractivity contribution is 4.91. The van der Waals surface area contributed by atoms with Gasteiger partial charge in [0, 0.05) is 0 Å². The predicted octanol–water partition coefficient (Wildman–Crippen LogP) is 1.13. The minimum absolute atomic E-state index is 0.179. The average molecular weight is 157 g/mol. The van der Waals surface area contributed by atoms with Gasteiger partial charge in [-0.25, -0.2) is 0 Å². The molecule has 3 N–H and O–H groups in total. The number of hydrogen-bond acceptors (Lipinski definition) is 2. The normalized spacial score (nSPS) is 27.3. The summed E-state index contributed by atoms with van der Waals surface area (Å²) in [5, 5.41) is 9.82. The third kappa shape index (κ3) is 1.57. The second-order valence-corrected chi connectivity index (χ2v) is 4.17. The molecule has 2 heteroatoms. The second kappa shape index (κ2) is 3.11. The Labute approximate surface area is 68.8 Å². The van der Waals surface area contributed by atoms with Crippen molar-refractivity contribution in [2.75, 3.05) is 6.54 Å². The SMILES string of the molecule is CC(CN)C(O)C1(C)CCC1. The van der Waals surface area contributed by atoms with Crippen LogP contribution < -0.4 is 5.73 Å². The molecule has 1 fully saturated rings. The zero-order chi connectivity index (χ0) is 8.48. The van der Waals surface area contributed by atoms with Crippen LogP contribution in [-0.4, -0.2) is 17.8 Å². The van der Waals surface area contributed by atoms with E-state index in [1.807, 2.05) is 6.92 Å². The summed E-state index contributed by atoms with van der Waals surface area (Å²) in [4.78, 5) is 0. The predicted molar refractivity (Wildman–Crippen MR) is 46.2 cm³/mol. The summed E-state index contributed by atoms with van der Waals surface area (Å²) in [6, 6.07) is 0. The first-order valence-electron chi connectivity index (χ1n) is 4.48. The molecule has 0 heterocycles. The topological polar surface area (TPSA) is 46.2 Å². The highest BCUT2D eigenvalue weighted by Crippen LogP contribution is 2.45. The number of aliphatic hydroxyl groups is 1. The van der Waals surface area contributed by atoms with Gasteiger partial charge in [0.15, 0.2) is 0 Å². The lowest BCUT2D eigenvalue weighted by atomic mass is 9.64. The van der Waals surface area contributed by atoms with Crippen molar-refractivity contribution >= 4 is 0 Å². The Balaban J connectivity index is 2.45. The van der Waals surface area contributed by atoms with Gasteiger partial charge in [-0.15, -0.1) is 0 Å². The first-order valence-corrected chi connectivity index (χ1v) is 4.48. The van der Waals surface area contributed by atoms with Gasteiger partial charge in [-0.3, -0.25) is 0 Å². The van der Waals surface area contributed by atoms with Crippen LogP contribution in [0.2, 0.25) is 0 Å². The van der Waals surface area contributed by atoms with Crippen molar-refractivity contribution in [3.8, 4) is 0 Å². The lowest BCUT2D eigenvalue weighted by Crippen LogP contribution is -2.44. The van der Waals surface area contributed by atoms with Crippen LogP contribution in [-0.2, 0) is 0 Å². The van der Waals surface area contributed by atoms with E-state index in [4.69, 9.17) is 5.73 Å². The highest BCUT2D eigenvalue weighted by Gasteiger charge is 2.40. The molecule has 1 rings (SSSR count). The Morgan fingerprint density at radius 3 is 2.36 bits per heavy atom. The molecule has 11 heavy (non-hydrogen) atoms. The molecule has 2 atom stereocenters. The second-order valence-electron chi connectivity index (χ2n) is 4.17. The van der Waals surface area contributed by atoms with Crippen LogP contribution in [0.3, 0.4) is 0 Å². The summed E-state index contributed by atoms with van der Waals surface area (Å²) >= 11 is 0. The van der Waals surface area contributed by atoms with Crippen LogP contribution in [0.25, 0.3) is 0 Å². The molecule has 2 unspecified atom stereocenters. The Bertz CT molecular complexity index is 132. The van der Waals surface area contributed by atoms with E-state index >= 15 is 0 Å². The molecule has 1 saturated carbocycles. The monoisotopic (exact) mass is 157 g/mol. The highest BCUT2D eigenvalue weighted by atomic mass is 16.3. The molecule has 2 nitrogen and oxygen atoms in total. The maximum Gasteiger partial charge on any atom is 0.0631 e. The van der Waals surface area contributed by atoms with E-state index in [-0.39, 0.29) is 17.4 Å². The smallest absolute Gasteiger partial charge is 0.0631 e. The van der Waals surface area contributed by atoms with Gasteiger partial charge in [0.25, 0.3) is 0 Å². The summed E-state index contributed by atoms with van der Waals surface area (Å²) in [5.74, 6) is 0.250. The molecule has 0 aromatic carbocycles. The maximum atomic E-state index is 9.82. The summed E-state index contributed by atoms with van der Waals surface area (Å²) < 4.78 is 0. The minimum atomic E-state index is -0.193. The summed E-state index contributed by atoms with van der Waals surface area (Å²) in [7, 11) is 0. The molecule has 0 aliphatic heterocycles. The third-order valence-corrected chi connectivity index (χ3v) is 3.12. The Morgan fingerprint density at radius 2 is 2.09 bits per heavy atom. The standard InChI is InChI=1S/C9H19NO/c1-7(6-10)8(11)9(2)4-3-5-9/h7-8,11H,3-6,10H2,1-2H3. The quantitative estimate of drug-likeness (QED) is 0.645. The van der Waals surface area contributed by atoms with E-state index in [9.17, 15) is 5.11 Å². The van der Waals surface area contributed by atoms with E-state index in [1.165, 1.54) is 19.3 Å². The van der Waals surface area contributed by atoms with Gasteiger partial charge in [-0.1, -0.05) is 20.3 Å². The molecule has 0 bridgehead atoms. The molecule has 0 radical (unpaired) electrons. The molecule has 0 saturated heterocycles. The van der Waals surface area contributed by atoms with E-state index in [0.29, 0.717) is 6.54 Å². The number of nitrogens with two attached hydrogens (primary N) is 1. The van der Waals surface area contributed by atoms with Gasteiger partial charge in [0.05, 0.1) is 6.10 Å². The van der Waals surface area contributed by atoms with Gasteiger partial charge in [-0.2, -0.15) is 0 Å². The Morgan fingerprint density at radius 1 is 1.55 bits per heavy atom. The van der Waals surface area contributed by atoms with Crippen molar-refractivity contribution in [2.45, 2.75) is 39.2 Å². The Kier molecular flexibility index (Phi) is 2.55. The lowest BCUT2D eigenvalue weighted by Gasteiger charge is -2.44. The Hall–Kier alpha value is -0.0800. The van der Waals surface area contributed by atoms with Gasteiger partial charge in [0.2, 0.25) is 0 Å². The fourth-order valence-corrected chi connectivity index (χ4v) is 1.85. The van der Waals surface area contributed by atoms with Crippen LogP contribution in [0.5, 0.6) is 0 Å². The fraction of sp³-hybridized carbons (Fsp3) is 1.00. The molecule has 66 valence electrons. The third-order valence-electron chi connectivity index (χ3n) is 3.12. The van der Waals surface area contributed by atoms with E-state index < -0.39 is 0 Å². The van der Waals surface area contributed by atoms with Crippen LogP contribution >= 0.6 is 0 Å². The molecule has 1 aliphatic carbocycles. The van der Waals surface area contributed by atoms with Gasteiger partial charge < -0.3 is 10.8 Å². The van der Waals surface area contributed by atoms with Crippen molar-refractivity contribution in [1.29, 1.82) is 0 Å². The molecule has 1 aliphatic rings.